The van der Waals surface area contributed by atoms with Crippen LogP contribution in [0, 0.1) is 5.92 Å². The van der Waals surface area contributed by atoms with Crippen LogP contribution < -0.4 is 0 Å². The number of carbonyl (C=O) groups is 1. The van der Waals surface area contributed by atoms with Crippen LogP contribution in [0.1, 0.15) is 32.4 Å². The number of aryl methyl sites for hydroxylation is 1. The summed E-state index contributed by atoms with van der Waals surface area (Å²) < 4.78 is 30.8. The summed E-state index contributed by atoms with van der Waals surface area (Å²) in [4.78, 5) is 19.6. The van der Waals surface area contributed by atoms with Crippen LogP contribution in [0.25, 0.3) is 10.9 Å². The molecular formula is C24H30N4O3S. The van der Waals surface area contributed by atoms with Crippen LogP contribution in [0.3, 0.4) is 0 Å². The molecule has 0 N–H and O–H groups in total. The Morgan fingerprint density at radius 3 is 2.56 bits per heavy atom. The molecule has 1 amide bonds. The third-order valence-electron chi connectivity index (χ3n) is 5.77. The van der Waals surface area contributed by atoms with Gasteiger partial charge < -0.3 is 9.47 Å². The minimum atomic E-state index is -3.87. The van der Waals surface area contributed by atoms with E-state index in [-0.39, 0.29) is 29.3 Å². The standard InChI is InChI=1S/C24H30N4O3S/c1-18(2)15-27(16-21-9-6-14-26(21)3)23(29)17-28(20-11-12-20)32(30,31)22-10-4-7-19-8-5-13-25-24(19)22/h4-10,13-14,18,20H,11-12,15-17H2,1-3H3. The van der Waals surface area contributed by atoms with Crippen molar-refractivity contribution in [3.63, 3.8) is 0 Å². The highest BCUT2D eigenvalue weighted by Crippen LogP contribution is 2.34. The second kappa shape index (κ2) is 9.03. The molecule has 1 aliphatic rings. The van der Waals surface area contributed by atoms with Crippen LogP contribution in [0.4, 0.5) is 0 Å². The van der Waals surface area contributed by atoms with Crippen LogP contribution >= 0.6 is 0 Å². The normalized spacial score (nSPS) is 14.4. The van der Waals surface area contributed by atoms with Crippen LogP contribution in [0.15, 0.2) is 59.8 Å². The van der Waals surface area contributed by atoms with E-state index in [1.807, 2.05) is 42.1 Å². The number of nitrogens with zero attached hydrogens (tertiary/aromatic N) is 4. The Hall–Kier alpha value is -2.71. The Balaban J connectivity index is 1.63. The Labute approximate surface area is 189 Å². The van der Waals surface area contributed by atoms with Gasteiger partial charge in [-0.1, -0.05) is 32.0 Å². The topological polar surface area (TPSA) is 75.5 Å². The van der Waals surface area contributed by atoms with Gasteiger partial charge in [0.25, 0.3) is 0 Å². The lowest BCUT2D eigenvalue weighted by Crippen LogP contribution is -2.45. The summed E-state index contributed by atoms with van der Waals surface area (Å²) in [6.07, 6.45) is 5.08. The van der Waals surface area contributed by atoms with Crippen molar-refractivity contribution in [2.75, 3.05) is 13.1 Å². The molecule has 1 fully saturated rings. The summed E-state index contributed by atoms with van der Waals surface area (Å²) in [5, 5.41) is 0.765. The molecule has 0 saturated heterocycles. The second-order valence-corrected chi connectivity index (χ2v) is 10.8. The quantitative estimate of drug-likeness (QED) is 0.497. The number of hydrogen-bond acceptors (Lipinski definition) is 4. The van der Waals surface area contributed by atoms with Gasteiger partial charge in [-0.3, -0.25) is 9.78 Å². The maximum absolute atomic E-state index is 13.7. The average Bonchev–Trinajstić information content (AvgIpc) is 3.52. The van der Waals surface area contributed by atoms with Crippen molar-refractivity contribution in [2.45, 2.75) is 44.2 Å². The first-order valence-electron chi connectivity index (χ1n) is 11.0. The molecule has 0 bridgehead atoms. The molecule has 1 aliphatic carbocycles. The van der Waals surface area contributed by atoms with Crippen molar-refractivity contribution in [1.82, 2.24) is 18.8 Å². The van der Waals surface area contributed by atoms with E-state index in [2.05, 4.69) is 18.8 Å². The molecule has 0 spiro atoms. The molecule has 3 aromatic rings. The third-order valence-corrected chi connectivity index (χ3v) is 7.70. The highest BCUT2D eigenvalue weighted by atomic mass is 32.2. The molecule has 32 heavy (non-hydrogen) atoms. The maximum Gasteiger partial charge on any atom is 0.245 e. The number of para-hydroxylation sites is 1. The largest absolute Gasteiger partial charge is 0.353 e. The van der Waals surface area contributed by atoms with Gasteiger partial charge in [0.05, 0.1) is 18.6 Å². The lowest BCUT2D eigenvalue weighted by atomic mass is 10.2. The molecule has 0 aliphatic heterocycles. The summed E-state index contributed by atoms with van der Waals surface area (Å²) in [6, 6.07) is 12.6. The van der Waals surface area contributed by atoms with Crippen molar-refractivity contribution in [1.29, 1.82) is 0 Å². The average molecular weight is 455 g/mol. The van der Waals surface area contributed by atoms with E-state index in [9.17, 15) is 13.2 Å². The Kier molecular flexibility index (Phi) is 6.35. The Morgan fingerprint density at radius 1 is 1.16 bits per heavy atom. The summed E-state index contributed by atoms with van der Waals surface area (Å²) in [6.45, 7) is 4.98. The lowest BCUT2D eigenvalue weighted by molar-refractivity contribution is -0.132. The number of rotatable bonds is 9. The zero-order valence-corrected chi connectivity index (χ0v) is 19.6. The Bertz CT molecular complexity index is 1210. The summed E-state index contributed by atoms with van der Waals surface area (Å²) >= 11 is 0. The molecule has 2 heterocycles. The van der Waals surface area contributed by atoms with Crippen molar-refractivity contribution in [3.05, 3.63) is 60.6 Å². The van der Waals surface area contributed by atoms with Crippen molar-refractivity contribution < 1.29 is 13.2 Å². The maximum atomic E-state index is 13.7. The molecule has 0 unspecified atom stereocenters. The summed E-state index contributed by atoms with van der Waals surface area (Å²) in [5.74, 6) is 0.0936. The predicted molar refractivity (Wildman–Crippen MR) is 124 cm³/mol. The summed E-state index contributed by atoms with van der Waals surface area (Å²) in [5.41, 5.74) is 1.45. The van der Waals surface area contributed by atoms with E-state index in [1.165, 1.54) is 4.31 Å². The number of pyridine rings is 1. The molecular weight excluding hydrogens is 424 g/mol. The van der Waals surface area contributed by atoms with E-state index >= 15 is 0 Å². The van der Waals surface area contributed by atoms with Crippen LogP contribution in [-0.2, 0) is 28.4 Å². The van der Waals surface area contributed by atoms with Crippen molar-refractivity contribution in [2.24, 2.45) is 13.0 Å². The van der Waals surface area contributed by atoms with Crippen molar-refractivity contribution >= 4 is 26.8 Å². The molecule has 8 heteroatoms. The predicted octanol–water partition coefficient (Wildman–Crippen LogP) is 3.41. The molecule has 1 saturated carbocycles. The second-order valence-electron chi connectivity index (χ2n) is 8.89. The molecule has 0 atom stereocenters. The van der Waals surface area contributed by atoms with Gasteiger partial charge in [0.15, 0.2) is 0 Å². The Morgan fingerprint density at radius 2 is 1.91 bits per heavy atom. The van der Waals surface area contributed by atoms with E-state index in [4.69, 9.17) is 0 Å². The van der Waals surface area contributed by atoms with Gasteiger partial charge in [0.1, 0.15) is 4.90 Å². The molecule has 1 aromatic carbocycles. The first-order chi connectivity index (χ1) is 15.3. The van der Waals surface area contributed by atoms with E-state index in [0.717, 1.165) is 23.9 Å². The smallest absolute Gasteiger partial charge is 0.245 e. The van der Waals surface area contributed by atoms with E-state index < -0.39 is 10.0 Å². The van der Waals surface area contributed by atoms with Crippen LogP contribution in [0.5, 0.6) is 0 Å². The number of aromatic nitrogens is 2. The van der Waals surface area contributed by atoms with Gasteiger partial charge in [-0.05, 0) is 43.0 Å². The fraction of sp³-hybridized carbons (Fsp3) is 0.417. The lowest BCUT2D eigenvalue weighted by Gasteiger charge is -2.29. The number of benzene rings is 1. The SMILES string of the molecule is CC(C)CN(Cc1cccn1C)C(=O)CN(C1CC1)S(=O)(=O)c1cccc2cccnc12. The molecule has 7 nitrogen and oxygen atoms in total. The van der Waals surface area contributed by atoms with Gasteiger partial charge in [0.2, 0.25) is 15.9 Å². The third kappa shape index (κ3) is 4.71. The molecule has 0 radical (unpaired) electrons. The van der Waals surface area contributed by atoms with Crippen molar-refractivity contribution in [3.8, 4) is 0 Å². The zero-order valence-electron chi connectivity index (χ0n) is 18.8. The van der Waals surface area contributed by atoms with Gasteiger partial charge in [0, 0.05) is 43.1 Å². The number of amides is 1. The number of fused-ring (bicyclic) bond motifs is 1. The summed E-state index contributed by atoms with van der Waals surface area (Å²) in [7, 11) is -1.93. The minimum absolute atomic E-state index is 0.140. The monoisotopic (exact) mass is 454 g/mol. The first kappa shape index (κ1) is 22.5. The van der Waals surface area contributed by atoms with Crippen LogP contribution in [0.2, 0.25) is 0 Å². The minimum Gasteiger partial charge on any atom is -0.353 e. The van der Waals surface area contributed by atoms with Gasteiger partial charge in [-0.25, -0.2) is 8.42 Å². The van der Waals surface area contributed by atoms with E-state index in [1.54, 1.807) is 29.3 Å². The van der Waals surface area contributed by atoms with Crippen LogP contribution in [-0.4, -0.2) is 52.2 Å². The molecule has 4 rings (SSSR count). The fourth-order valence-electron chi connectivity index (χ4n) is 3.97. The van der Waals surface area contributed by atoms with Gasteiger partial charge in [-0.2, -0.15) is 4.31 Å². The fourth-order valence-corrected chi connectivity index (χ4v) is 5.77. The van der Waals surface area contributed by atoms with E-state index in [0.29, 0.717) is 18.6 Å². The number of carbonyl (C=O) groups excluding carboxylic acids is 1. The first-order valence-corrected chi connectivity index (χ1v) is 12.4. The van der Waals surface area contributed by atoms with Gasteiger partial charge >= 0.3 is 0 Å². The van der Waals surface area contributed by atoms with Gasteiger partial charge in [-0.15, -0.1) is 0 Å². The zero-order chi connectivity index (χ0) is 22.9. The number of sulfonamides is 1. The highest BCUT2D eigenvalue weighted by Gasteiger charge is 2.40. The molecule has 2 aromatic heterocycles. The highest BCUT2D eigenvalue weighted by molar-refractivity contribution is 7.89. The molecule has 170 valence electrons. The number of hydrogen-bond donors (Lipinski definition) is 0.